The Bertz CT molecular complexity index is 1430. The van der Waals surface area contributed by atoms with E-state index in [1.165, 1.54) is 58.0 Å². The average molecular weight is 547 g/mol. The van der Waals surface area contributed by atoms with Gasteiger partial charge in [-0.1, -0.05) is 0 Å². The topological polar surface area (TPSA) is 57.4 Å². The van der Waals surface area contributed by atoms with E-state index in [4.69, 9.17) is 9.97 Å². The molecule has 3 aromatic heterocycles. The zero-order chi connectivity index (χ0) is 23.9. The fourth-order valence-electron chi connectivity index (χ4n) is 4.92. The zero-order valence-corrected chi connectivity index (χ0v) is 23.0. The first-order valence-corrected chi connectivity index (χ1v) is 16.6. The molecule has 8 bridgehead atoms. The van der Waals surface area contributed by atoms with Gasteiger partial charge in [-0.15, -0.1) is 47.0 Å². The normalized spacial score (nSPS) is 18.7. The summed E-state index contributed by atoms with van der Waals surface area (Å²) in [6.45, 7) is 0. The van der Waals surface area contributed by atoms with Gasteiger partial charge in [-0.25, -0.2) is 9.97 Å². The molecule has 0 aromatic carbocycles. The SMILES string of the molecule is C1=Cc2nc1cc1ccc([nH]1)c(C1SCCCS1)c1ccc(cc3nc(c2C2SCCCS2)C=C3)[nH]1. The minimum absolute atomic E-state index is 0.361. The van der Waals surface area contributed by atoms with Crippen LogP contribution in [-0.2, 0) is 0 Å². The first-order valence-electron chi connectivity index (χ1n) is 12.4. The Kier molecular flexibility index (Phi) is 6.46. The molecule has 0 spiro atoms. The molecule has 7 heterocycles. The fourth-order valence-corrected chi connectivity index (χ4v) is 11.0. The van der Waals surface area contributed by atoms with Gasteiger partial charge in [-0.3, -0.25) is 0 Å². The molecule has 0 saturated carbocycles. The lowest BCUT2D eigenvalue weighted by Crippen LogP contribution is -2.04. The third-order valence-corrected chi connectivity index (χ3v) is 12.5. The maximum Gasteiger partial charge on any atom is 0.0793 e. The minimum Gasteiger partial charge on any atom is -0.355 e. The molecule has 0 atom stereocenters. The van der Waals surface area contributed by atoms with Crippen molar-refractivity contribution in [1.82, 2.24) is 19.9 Å². The number of hydrogen-bond donors (Lipinski definition) is 2. The van der Waals surface area contributed by atoms with Crippen LogP contribution in [0.3, 0.4) is 0 Å². The summed E-state index contributed by atoms with van der Waals surface area (Å²) in [7, 11) is 0. The third-order valence-electron chi connectivity index (χ3n) is 6.60. The second kappa shape index (κ2) is 10.0. The number of thioether (sulfide) groups is 4. The summed E-state index contributed by atoms with van der Waals surface area (Å²) in [5.74, 6) is 4.79. The summed E-state index contributed by atoms with van der Waals surface area (Å²) >= 11 is 8.13. The lowest BCUT2D eigenvalue weighted by molar-refractivity contribution is 1.09. The average Bonchev–Trinajstić information content (AvgIpc) is 3.72. The molecule has 2 N–H and O–H groups in total. The molecule has 4 aliphatic heterocycles. The molecular weight excluding hydrogens is 521 g/mol. The summed E-state index contributed by atoms with van der Waals surface area (Å²) in [5.41, 5.74) is 11.2. The van der Waals surface area contributed by atoms with Crippen LogP contribution in [0.2, 0.25) is 0 Å². The van der Waals surface area contributed by atoms with Crippen molar-refractivity contribution in [3.63, 3.8) is 0 Å². The Balaban J connectivity index is 1.49. The van der Waals surface area contributed by atoms with Crippen molar-refractivity contribution in [3.05, 3.63) is 70.3 Å². The van der Waals surface area contributed by atoms with Crippen molar-refractivity contribution in [1.29, 1.82) is 0 Å². The quantitative estimate of drug-likeness (QED) is 0.232. The number of fused-ring (bicyclic) bond motifs is 8. The van der Waals surface area contributed by atoms with Crippen LogP contribution < -0.4 is 0 Å². The highest BCUT2D eigenvalue weighted by molar-refractivity contribution is 8.17. The van der Waals surface area contributed by atoms with Gasteiger partial charge in [0, 0.05) is 33.2 Å². The molecular formula is C28H26N4S4. The Morgan fingerprint density at radius 1 is 0.583 bits per heavy atom. The van der Waals surface area contributed by atoms with E-state index in [-0.39, 0.29) is 0 Å². The first kappa shape index (κ1) is 23.1. The largest absolute Gasteiger partial charge is 0.355 e. The summed E-state index contributed by atoms with van der Waals surface area (Å²) < 4.78 is 0.769. The molecule has 182 valence electrons. The Labute approximate surface area is 227 Å². The molecule has 2 fully saturated rings. The van der Waals surface area contributed by atoms with Gasteiger partial charge < -0.3 is 9.97 Å². The van der Waals surface area contributed by atoms with Crippen molar-refractivity contribution in [2.45, 2.75) is 22.0 Å². The minimum atomic E-state index is 0.361. The zero-order valence-electron chi connectivity index (χ0n) is 19.7. The predicted octanol–water partition coefficient (Wildman–Crippen LogP) is 8.39. The molecule has 2 saturated heterocycles. The molecule has 0 aliphatic carbocycles. The van der Waals surface area contributed by atoms with Crippen molar-refractivity contribution >= 4 is 93.4 Å². The van der Waals surface area contributed by atoms with E-state index < -0.39 is 0 Å². The monoisotopic (exact) mass is 546 g/mol. The number of aromatic nitrogens is 4. The highest BCUT2D eigenvalue weighted by atomic mass is 32.2. The van der Waals surface area contributed by atoms with Gasteiger partial charge in [0.1, 0.15) is 0 Å². The van der Waals surface area contributed by atoms with E-state index in [9.17, 15) is 0 Å². The summed E-state index contributed by atoms with van der Waals surface area (Å²) in [5, 5.41) is 0. The maximum absolute atomic E-state index is 5.07. The van der Waals surface area contributed by atoms with E-state index in [2.05, 4.69) is 70.7 Å². The van der Waals surface area contributed by atoms with Crippen LogP contribution in [0.5, 0.6) is 0 Å². The first-order chi connectivity index (χ1) is 17.8. The van der Waals surface area contributed by atoms with Crippen molar-refractivity contribution in [3.8, 4) is 0 Å². The van der Waals surface area contributed by atoms with Crippen LogP contribution in [0.15, 0.2) is 36.4 Å². The Hall–Kier alpha value is -2.00. The van der Waals surface area contributed by atoms with Crippen LogP contribution >= 0.6 is 47.0 Å². The molecule has 4 nitrogen and oxygen atoms in total. The number of hydrogen-bond acceptors (Lipinski definition) is 6. The van der Waals surface area contributed by atoms with Crippen LogP contribution in [-0.4, -0.2) is 42.9 Å². The van der Waals surface area contributed by atoms with Crippen LogP contribution in [0.1, 0.15) is 55.9 Å². The van der Waals surface area contributed by atoms with Gasteiger partial charge in [-0.05, 0) is 96.6 Å². The fraction of sp³-hybridized carbons (Fsp3) is 0.286. The van der Waals surface area contributed by atoms with Gasteiger partial charge in [0.15, 0.2) is 0 Å². The Morgan fingerprint density at radius 3 is 1.56 bits per heavy atom. The molecule has 0 unspecified atom stereocenters. The van der Waals surface area contributed by atoms with E-state index in [1.807, 2.05) is 47.0 Å². The maximum atomic E-state index is 5.07. The van der Waals surface area contributed by atoms with Crippen molar-refractivity contribution < 1.29 is 0 Å². The van der Waals surface area contributed by atoms with Crippen LogP contribution in [0.4, 0.5) is 0 Å². The third kappa shape index (κ3) is 4.57. The Morgan fingerprint density at radius 2 is 1.06 bits per heavy atom. The standard InChI is InChI=1S/C28H26N4S4/c1-11-33-27(34-12-1)25-21-7-3-17(29-21)15-19-5-9-23(31-19)26(28-35-13-2-14-36-28)24-10-6-20(32-24)16-18-4-8-22(25)30-18/h3-10,15-16,27-30H,1-2,11-14H2. The second-order valence-electron chi connectivity index (χ2n) is 9.14. The second-order valence-corrected chi connectivity index (χ2v) is 14.6. The number of H-pyrrole nitrogens is 2. The lowest BCUT2D eigenvalue weighted by atomic mass is 10.2. The lowest BCUT2D eigenvalue weighted by Gasteiger charge is -2.22. The summed E-state index contributed by atoms with van der Waals surface area (Å²) in [4.78, 5) is 17.5. The van der Waals surface area contributed by atoms with Crippen LogP contribution in [0.25, 0.3) is 46.4 Å². The molecule has 4 aliphatic rings. The molecule has 7 rings (SSSR count). The van der Waals surface area contributed by atoms with Gasteiger partial charge in [-0.2, -0.15) is 0 Å². The van der Waals surface area contributed by atoms with E-state index in [0.29, 0.717) is 9.16 Å². The molecule has 3 aromatic rings. The number of nitrogens with zero attached hydrogens (tertiary/aromatic N) is 2. The molecule has 36 heavy (non-hydrogen) atoms. The van der Waals surface area contributed by atoms with Gasteiger partial charge in [0.25, 0.3) is 0 Å². The highest BCUT2D eigenvalue weighted by Gasteiger charge is 2.24. The summed E-state index contributed by atoms with van der Waals surface area (Å²) in [6, 6.07) is 13.1. The molecule has 0 radical (unpaired) electrons. The van der Waals surface area contributed by atoms with Gasteiger partial charge >= 0.3 is 0 Å². The number of rotatable bonds is 2. The summed E-state index contributed by atoms with van der Waals surface area (Å²) in [6.07, 6.45) is 11.1. The van der Waals surface area contributed by atoms with E-state index in [0.717, 1.165) is 33.8 Å². The number of nitrogens with one attached hydrogen (secondary N) is 2. The van der Waals surface area contributed by atoms with Crippen molar-refractivity contribution in [2.24, 2.45) is 0 Å². The smallest absolute Gasteiger partial charge is 0.0793 e. The predicted molar refractivity (Wildman–Crippen MR) is 163 cm³/mol. The van der Waals surface area contributed by atoms with Gasteiger partial charge in [0.2, 0.25) is 0 Å². The highest BCUT2D eigenvalue weighted by Crippen LogP contribution is 2.47. The molecule has 8 heteroatoms. The molecule has 0 amide bonds. The van der Waals surface area contributed by atoms with E-state index >= 15 is 0 Å². The number of aromatic amines is 2. The van der Waals surface area contributed by atoms with Gasteiger partial charge in [0.05, 0.1) is 31.9 Å². The van der Waals surface area contributed by atoms with Crippen LogP contribution in [0, 0.1) is 0 Å². The van der Waals surface area contributed by atoms with Crippen molar-refractivity contribution in [2.75, 3.05) is 23.0 Å². The van der Waals surface area contributed by atoms with E-state index in [1.54, 1.807) is 0 Å².